The lowest BCUT2D eigenvalue weighted by molar-refractivity contribution is -0.167. The summed E-state index contributed by atoms with van der Waals surface area (Å²) in [6.45, 7) is 6.69. The van der Waals surface area contributed by atoms with Crippen LogP contribution in [0.3, 0.4) is 0 Å². The lowest BCUT2D eigenvalue weighted by atomic mass is 10.0. The van der Waals surface area contributed by atoms with Crippen LogP contribution in [-0.2, 0) is 28.6 Å². The van der Waals surface area contributed by atoms with Gasteiger partial charge in [-0.1, -0.05) is 329 Å². The van der Waals surface area contributed by atoms with E-state index in [4.69, 9.17) is 14.2 Å². The molecule has 0 rings (SSSR count). The van der Waals surface area contributed by atoms with E-state index in [9.17, 15) is 14.4 Å². The highest BCUT2D eigenvalue weighted by molar-refractivity contribution is 5.71. The van der Waals surface area contributed by atoms with Crippen LogP contribution in [0.5, 0.6) is 0 Å². The summed E-state index contributed by atoms with van der Waals surface area (Å²) in [5.74, 6) is -0.836. The summed E-state index contributed by atoms with van der Waals surface area (Å²) in [6, 6.07) is 0. The second-order valence-corrected chi connectivity index (χ2v) is 21.7. The van der Waals surface area contributed by atoms with Gasteiger partial charge >= 0.3 is 17.9 Å². The molecule has 0 saturated carbocycles. The van der Waals surface area contributed by atoms with E-state index >= 15 is 0 Å². The molecule has 0 aliphatic carbocycles. The maximum atomic E-state index is 12.8. The Morgan fingerprint density at radius 2 is 0.391 bits per heavy atom. The van der Waals surface area contributed by atoms with Crippen molar-refractivity contribution in [3.63, 3.8) is 0 Å². The minimum absolute atomic E-state index is 0.0614. The molecule has 0 spiro atoms. The van der Waals surface area contributed by atoms with E-state index in [0.717, 1.165) is 57.8 Å². The van der Waals surface area contributed by atoms with Crippen LogP contribution in [0.2, 0.25) is 0 Å². The number of carbonyl (C=O) groups is 3. The fourth-order valence-electron chi connectivity index (χ4n) is 9.86. The van der Waals surface area contributed by atoms with Gasteiger partial charge in [0.2, 0.25) is 0 Å². The van der Waals surface area contributed by atoms with Crippen molar-refractivity contribution in [3.05, 3.63) is 0 Å². The van der Waals surface area contributed by atoms with E-state index in [0.29, 0.717) is 19.3 Å². The number of hydrogen-bond donors (Lipinski definition) is 0. The van der Waals surface area contributed by atoms with Crippen LogP contribution in [0.25, 0.3) is 0 Å². The molecule has 410 valence electrons. The van der Waals surface area contributed by atoms with Crippen LogP contribution in [0.15, 0.2) is 0 Å². The summed E-state index contributed by atoms with van der Waals surface area (Å²) in [6.07, 6.45) is 67.1. The van der Waals surface area contributed by atoms with E-state index in [1.54, 1.807) is 0 Å². The number of hydrogen-bond acceptors (Lipinski definition) is 6. The average molecular weight is 976 g/mol. The first-order valence-corrected chi connectivity index (χ1v) is 31.5. The highest BCUT2D eigenvalue weighted by Crippen LogP contribution is 2.18. The molecule has 0 aromatic heterocycles. The number of ether oxygens (including phenoxy) is 3. The molecular weight excluding hydrogens is 853 g/mol. The van der Waals surface area contributed by atoms with Gasteiger partial charge in [0.05, 0.1) is 0 Å². The third-order valence-corrected chi connectivity index (χ3v) is 14.6. The topological polar surface area (TPSA) is 78.9 Å². The molecule has 0 aromatic rings. The van der Waals surface area contributed by atoms with E-state index in [1.165, 1.54) is 270 Å². The molecule has 69 heavy (non-hydrogen) atoms. The first-order valence-electron chi connectivity index (χ1n) is 31.5. The van der Waals surface area contributed by atoms with Crippen molar-refractivity contribution in [3.8, 4) is 0 Å². The number of unbranched alkanes of at least 4 members (excludes halogenated alkanes) is 48. The van der Waals surface area contributed by atoms with Crippen LogP contribution in [0.4, 0.5) is 0 Å². The number of rotatable bonds is 59. The lowest BCUT2D eigenvalue weighted by Crippen LogP contribution is -2.30. The summed E-state index contributed by atoms with van der Waals surface area (Å²) in [5, 5.41) is 0. The summed E-state index contributed by atoms with van der Waals surface area (Å²) in [5.41, 5.74) is 0. The Morgan fingerprint density at radius 3 is 0.580 bits per heavy atom. The normalized spacial score (nSPS) is 11.9. The van der Waals surface area contributed by atoms with E-state index in [2.05, 4.69) is 20.8 Å². The zero-order chi connectivity index (χ0) is 50.0. The number of carbonyl (C=O) groups excluding carboxylic acids is 3. The van der Waals surface area contributed by atoms with Gasteiger partial charge < -0.3 is 14.2 Å². The van der Waals surface area contributed by atoms with Crippen molar-refractivity contribution in [2.75, 3.05) is 13.2 Å². The van der Waals surface area contributed by atoms with Gasteiger partial charge in [-0.2, -0.15) is 0 Å². The maximum absolute atomic E-state index is 12.8. The van der Waals surface area contributed by atoms with Crippen LogP contribution >= 0.6 is 0 Å². The van der Waals surface area contributed by atoms with Crippen molar-refractivity contribution >= 4 is 17.9 Å². The molecule has 6 nitrogen and oxygen atoms in total. The highest BCUT2D eigenvalue weighted by Gasteiger charge is 2.19. The van der Waals surface area contributed by atoms with Crippen LogP contribution in [0, 0.1) is 0 Å². The molecule has 0 saturated heterocycles. The zero-order valence-corrected chi connectivity index (χ0v) is 47.1. The molecule has 0 aliphatic heterocycles. The zero-order valence-electron chi connectivity index (χ0n) is 47.1. The Bertz CT molecular complexity index is 1030. The molecule has 0 radical (unpaired) electrons. The Morgan fingerprint density at radius 1 is 0.232 bits per heavy atom. The van der Waals surface area contributed by atoms with E-state index < -0.39 is 6.10 Å². The Balaban J connectivity index is 4.01. The Labute approximate surface area is 431 Å². The van der Waals surface area contributed by atoms with E-state index in [-0.39, 0.29) is 31.1 Å². The minimum atomic E-state index is -0.760. The first kappa shape index (κ1) is 67.4. The second-order valence-electron chi connectivity index (χ2n) is 21.7. The fraction of sp³-hybridized carbons (Fsp3) is 0.952. The molecule has 0 heterocycles. The standard InChI is InChI=1S/C63H122O6/c1-4-7-10-13-16-19-22-24-25-26-27-28-29-30-31-32-33-34-35-36-37-38-39-40-42-44-47-50-53-56-62(65)68-59-60(58-67-61(64)55-52-49-46-43-21-18-15-12-9-6-3)69-63(66)57-54-51-48-45-41-23-20-17-14-11-8-5-2/h60H,4-59H2,1-3H3. The summed E-state index contributed by atoms with van der Waals surface area (Å²) in [7, 11) is 0. The largest absolute Gasteiger partial charge is 0.462 e. The van der Waals surface area contributed by atoms with Crippen LogP contribution in [-0.4, -0.2) is 37.2 Å². The van der Waals surface area contributed by atoms with Gasteiger partial charge in [0.15, 0.2) is 6.10 Å². The molecule has 0 N–H and O–H groups in total. The highest BCUT2D eigenvalue weighted by atomic mass is 16.6. The molecule has 0 fully saturated rings. The number of esters is 3. The minimum Gasteiger partial charge on any atom is -0.462 e. The van der Waals surface area contributed by atoms with Gasteiger partial charge in [-0.15, -0.1) is 0 Å². The van der Waals surface area contributed by atoms with Crippen molar-refractivity contribution in [1.82, 2.24) is 0 Å². The van der Waals surface area contributed by atoms with Gasteiger partial charge in [-0.25, -0.2) is 0 Å². The molecule has 0 aromatic carbocycles. The van der Waals surface area contributed by atoms with Crippen LogP contribution < -0.4 is 0 Å². The summed E-state index contributed by atoms with van der Waals surface area (Å²) < 4.78 is 16.9. The molecule has 0 amide bonds. The fourth-order valence-corrected chi connectivity index (χ4v) is 9.86. The van der Waals surface area contributed by atoms with Crippen LogP contribution in [0.1, 0.15) is 367 Å². The maximum Gasteiger partial charge on any atom is 0.306 e. The molecule has 1 atom stereocenters. The molecule has 0 aliphatic rings. The SMILES string of the molecule is CCCCCCCCCCCCCCCCCCCCCCCCCCCCCCCC(=O)OCC(COC(=O)CCCCCCCCCCCC)OC(=O)CCCCCCCCCCCCCC. The van der Waals surface area contributed by atoms with Gasteiger partial charge in [0.1, 0.15) is 13.2 Å². The summed E-state index contributed by atoms with van der Waals surface area (Å²) in [4.78, 5) is 38.0. The smallest absolute Gasteiger partial charge is 0.306 e. The third-order valence-electron chi connectivity index (χ3n) is 14.6. The monoisotopic (exact) mass is 975 g/mol. The van der Waals surface area contributed by atoms with Crippen molar-refractivity contribution in [2.24, 2.45) is 0 Å². The predicted molar refractivity (Wildman–Crippen MR) is 298 cm³/mol. The molecule has 6 heteroatoms. The van der Waals surface area contributed by atoms with Crippen molar-refractivity contribution in [1.29, 1.82) is 0 Å². The Kier molecular flexibility index (Phi) is 57.6. The average Bonchev–Trinajstić information content (AvgIpc) is 3.35. The van der Waals surface area contributed by atoms with Crippen molar-refractivity contribution in [2.45, 2.75) is 374 Å². The molecule has 0 bridgehead atoms. The van der Waals surface area contributed by atoms with Gasteiger partial charge in [0.25, 0.3) is 0 Å². The van der Waals surface area contributed by atoms with E-state index in [1.807, 2.05) is 0 Å². The Hall–Kier alpha value is -1.59. The van der Waals surface area contributed by atoms with Gasteiger partial charge in [0, 0.05) is 19.3 Å². The second kappa shape index (κ2) is 59.0. The third kappa shape index (κ3) is 57.2. The first-order chi connectivity index (χ1) is 34.0. The molecular formula is C63H122O6. The van der Waals surface area contributed by atoms with Gasteiger partial charge in [-0.05, 0) is 19.3 Å². The lowest BCUT2D eigenvalue weighted by Gasteiger charge is -2.18. The predicted octanol–water partition coefficient (Wildman–Crippen LogP) is 21.1. The van der Waals surface area contributed by atoms with Gasteiger partial charge in [-0.3, -0.25) is 14.4 Å². The quantitative estimate of drug-likeness (QED) is 0.0343. The molecule has 1 unspecified atom stereocenters. The van der Waals surface area contributed by atoms with Crippen molar-refractivity contribution < 1.29 is 28.6 Å². The summed E-state index contributed by atoms with van der Waals surface area (Å²) >= 11 is 0.